The molecule has 0 aliphatic heterocycles. The second-order valence-corrected chi connectivity index (χ2v) is 8.72. The molecule has 0 bridgehead atoms. The predicted octanol–water partition coefficient (Wildman–Crippen LogP) is 5.95. The molecule has 2 rings (SSSR count). The Morgan fingerprint density at radius 3 is 2.25 bits per heavy atom. The number of hydrogen-bond acceptors (Lipinski definition) is 2. The second-order valence-electron chi connectivity index (χ2n) is 7.48. The van der Waals surface area contributed by atoms with E-state index in [1.165, 1.54) is 30.4 Å². The van der Waals surface area contributed by atoms with Gasteiger partial charge in [0.25, 0.3) is 0 Å². The van der Waals surface area contributed by atoms with Crippen molar-refractivity contribution in [2.45, 2.75) is 67.2 Å². The maximum absolute atomic E-state index is 13.0. The standard InChI is InChI=1S/C24H33O2P.Li/c1-7-8-9-10-13-26-21-11-12-22(17(3)15-21)27-24(25)23-18(4)14-16(2)19(5)20(23)6;/h11-12,14-15,27H,7-10,13H2,1-6H3;. The van der Waals surface area contributed by atoms with Crippen molar-refractivity contribution in [2.24, 2.45) is 0 Å². The minimum Gasteiger partial charge on any atom is -0.494 e. The Hall–Kier alpha value is -1.06. The van der Waals surface area contributed by atoms with Crippen LogP contribution in [0.2, 0.25) is 0 Å². The molecule has 0 aromatic heterocycles. The normalized spacial score (nSPS) is 10.9. The zero-order chi connectivity index (χ0) is 20.0. The van der Waals surface area contributed by atoms with Crippen molar-refractivity contribution in [1.82, 2.24) is 0 Å². The average molecular weight is 391 g/mol. The Bertz CT molecular complexity index is 815. The van der Waals surface area contributed by atoms with Gasteiger partial charge in [0.1, 0.15) is 5.75 Å². The zero-order valence-corrected chi connectivity index (χ0v) is 19.7. The summed E-state index contributed by atoms with van der Waals surface area (Å²) in [6.07, 6.45) is 4.82. The van der Waals surface area contributed by atoms with Crippen LogP contribution in [0.3, 0.4) is 0 Å². The molecule has 0 fully saturated rings. The van der Waals surface area contributed by atoms with Gasteiger partial charge in [-0.05, 0) is 94.9 Å². The van der Waals surface area contributed by atoms with Crippen molar-refractivity contribution in [3.05, 3.63) is 57.6 Å². The summed E-state index contributed by atoms with van der Waals surface area (Å²) in [4.78, 5) is 13.0. The first-order valence-corrected chi connectivity index (χ1v) is 11.0. The van der Waals surface area contributed by atoms with Gasteiger partial charge in [0.15, 0.2) is 5.52 Å². The number of carbonyl (C=O) groups excluding carboxylic acids is 1. The molecular weight excluding hydrogens is 358 g/mol. The Morgan fingerprint density at radius 1 is 0.893 bits per heavy atom. The van der Waals surface area contributed by atoms with E-state index in [4.69, 9.17) is 4.74 Å². The molecule has 28 heavy (non-hydrogen) atoms. The fourth-order valence-electron chi connectivity index (χ4n) is 3.40. The van der Waals surface area contributed by atoms with Gasteiger partial charge in [-0.2, -0.15) is 0 Å². The molecule has 0 heterocycles. The number of unbranched alkanes of at least 4 members (excludes halogenated alkanes) is 3. The van der Waals surface area contributed by atoms with Gasteiger partial charge < -0.3 is 4.74 Å². The van der Waals surface area contributed by atoms with Crippen LogP contribution in [-0.4, -0.2) is 31.0 Å². The molecule has 1 radical (unpaired) electrons. The number of rotatable bonds is 9. The zero-order valence-electron chi connectivity index (χ0n) is 18.7. The maximum Gasteiger partial charge on any atom is 0.186 e. The van der Waals surface area contributed by atoms with Crippen molar-refractivity contribution in [3.63, 3.8) is 0 Å². The number of ether oxygens (including phenoxy) is 1. The summed E-state index contributed by atoms with van der Waals surface area (Å²) < 4.78 is 5.86. The molecule has 1 atom stereocenters. The maximum atomic E-state index is 13.0. The van der Waals surface area contributed by atoms with Gasteiger partial charge in [-0.3, -0.25) is 4.79 Å². The van der Waals surface area contributed by atoms with Gasteiger partial charge in [0.05, 0.1) is 6.61 Å². The van der Waals surface area contributed by atoms with E-state index in [0.717, 1.165) is 46.3 Å². The molecule has 0 saturated carbocycles. The van der Waals surface area contributed by atoms with Gasteiger partial charge >= 0.3 is 0 Å². The van der Waals surface area contributed by atoms with Gasteiger partial charge in [-0.25, -0.2) is 0 Å². The van der Waals surface area contributed by atoms with Crippen LogP contribution in [0.25, 0.3) is 0 Å². The molecule has 2 aromatic rings. The Kier molecular flexibility index (Phi) is 10.5. The number of aryl methyl sites for hydroxylation is 3. The first kappa shape index (κ1) is 25.0. The van der Waals surface area contributed by atoms with Gasteiger partial charge in [0, 0.05) is 24.4 Å². The molecule has 0 aliphatic carbocycles. The number of hydrogen-bond donors (Lipinski definition) is 0. The predicted molar refractivity (Wildman–Crippen MR) is 124 cm³/mol. The van der Waals surface area contributed by atoms with Crippen LogP contribution in [0.1, 0.15) is 70.8 Å². The van der Waals surface area contributed by atoms with Crippen LogP contribution in [-0.2, 0) is 0 Å². The topological polar surface area (TPSA) is 26.3 Å². The third kappa shape index (κ3) is 6.49. The Labute approximate surface area is 184 Å². The quantitative estimate of drug-likeness (QED) is 0.300. The third-order valence-electron chi connectivity index (χ3n) is 5.30. The fourth-order valence-corrected chi connectivity index (χ4v) is 4.59. The molecule has 4 heteroatoms. The molecule has 2 nitrogen and oxygen atoms in total. The molecule has 1 unspecified atom stereocenters. The molecule has 0 spiro atoms. The summed E-state index contributed by atoms with van der Waals surface area (Å²) in [7, 11) is 0.145. The molecule has 147 valence electrons. The van der Waals surface area contributed by atoms with Crippen LogP contribution >= 0.6 is 8.58 Å². The van der Waals surface area contributed by atoms with Crippen molar-refractivity contribution in [3.8, 4) is 5.75 Å². The van der Waals surface area contributed by atoms with E-state index >= 15 is 0 Å². The largest absolute Gasteiger partial charge is 0.494 e. The molecule has 0 saturated heterocycles. The van der Waals surface area contributed by atoms with E-state index in [1.807, 2.05) is 13.0 Å². The van der Waals surface area contributed by atoms with Crippen molar-refractivity contribution in [2.75, 3.05) is 6.61 Å². The first-order chi connectivity index (χ1) is 12.8. The van der Waals surface area contributed by atoms with Crippen molar-refractivity contribution >= 4 is 38.3 Å². The summed E-state index contributed by atoms with van der Waals surface area (Å²) in [5.74, 6) is 0.906. The minimum absolute atomic E-state index is 0. The average Bonchev–Trinajstić information content (AvgIpc) is 2.62. The smallest absolute Gasteiger partial charge is 0.186 e. The molecule has 0 N–H and O–H groups in total. The van der Waals surface area contributed by atoms with E-state index in [-0.39, 0.29) is 33.0 Å². The van der Waals surface area contributed by atoms with E-state index in [0.29, 0.717) is 0 Å². The van der Waals surface area contributed by atoms with Crippen molar-refractivity contribution < 1.29 is 9.53 Å². The fraction of sp³-hybridized carbons (Fsp3) is 0.458. The van der Waals surface area contributed by atoms with E-state index in [1.54, 1.807) is 0 Å². The number of benzene rings is 2. The van der Waals surface area contributed by atoms with E-state index in [9.17, 15) is 4.79 Å². The summed E-state index contributed by atoms with van der Waals surface area (Å²) >= 11 is 0. The van der Waals surface area contributed by atoms with Crippen LogP contribution in [0.15, 0.2) is 24.3 Å². The van der Waals surface area contributed by atoms with Crippen LogP contribution in [0, 0.1) is 34.6 Å². The van der Waals surface area contributed by atoms with Crippen LogP contribution in [0.5, 0.6) is 5.75 Å². The monoisotopic (exact) mass is 391 g/mol. The van der Waals surface area contributed by atoms with E-state index in [2.05, 4.69) is 52.8 Å². The summed E-state index contributed by atoms with van der Waals surface area (Å²) in [6.45, 7) is 13.4. The molecule has 0 aliphatic rings. The molecule has 2 aromatic carbocycles. The summed E-state index contributed by atoms with van der Waals surface area (Å²) in [6, 6.07) is 8.25. The van der Waals surface area contributed by atoms with Crippen molar-refractivity contribution in [1.29, 1.82) is 0 Å². The number of carbonyl (C=O) groups is 1. The van der Waals surface area contributed by atoms with Gasteiger partial charge in [0.2, 0.25) is 0 Å². The molecular formula is C24H33LiO2P. The minimum atomic E-state index is 0. The SMILES string of the molecule is CCCCCCOc1ccc(PC(=O)c2c(C)cc(C)c(C)c2C)c(C)c1.[Li]. The van der Waals surface area contributed by atoms with Gasteiger partial charge in [-0.1, -0.05) is 38.3 Å². The molecule has 0 amide bonds. The first-order valence-electron chi connectivity index (χ1n) is 9.97. The van der Waals surface area contributed by atoms with Crippen LogP contribution < -0.4 is 10.0 Å². The Morgan fingerprint density at radius 2 is 1.61 bits per heavy atom. The Balaban J connectivity index is 0.00000392. The summed E-state index contributed by atoms with van der Waals surface area (Å²) in [5.41, 5.74) is 6.93. The van der Waals surface area contributed by atoms with Gasteiger partial charge in [-0.15, -0.1) is 0 Å². The van der Waals surface area contributed by atoms with E-state index < -0.39 is 0 Å². The summed E-state index contributed by atoms with van der Waals surface area (Å²) in [5, 5.41) is 1.11. The third-order valence-corrected chi connectivity index (χ3v) is 6.60. The van der Waals surface area contributed by atoms with Crippen LogP contribution in [0.4, 0.5) is 0 Å². The second kappa shape index (κ2) is 11.8.